The molecule has 0 atom stereocenters. The normalized spacial score (nSPS) is 12.1. The minimum absolute atomic E-state index is 0.0977. The topological polar surface area (TPSA) is 90.5 Å². The zero-order valence-electron chi connectivity index (χ0n) is 18.0. The van der Waals surface area contributed by atoms with Gasteiger partial charge >= 0.3 is 0 Å². The van der Waals surface area contributed by atoms with E-state index >= 15 is 0 Å². The summed E-state index contributed by atoms with van der Waals surface area (Å²) in [5.74, 6) is 0. The Bertz CT molecular complexity index is 1250. The first kappa shape index (κ1) is 22.2. The maximum absolute atomic E-state index is 13.5. The van der Waals surface area contributed by atoms with E-state index in [1.807, 2.05) is 45.0 Å². The van der Waals surface area contributed by atoms with Crippen LogP contribution in [-0.4, -0.2) is 36.0 Å². The van der Waals surface area contributed by atoms with Gasteiger partial charge in [-0.05, 0) is 80.5 Å². The fraction of sp³-hybridized carbons (Fsp3) is 0.348. The predicted molar refractivity (Wildman–Crippen MR) is 119 cm³/mol. The largest absolute Gasteiger partial charge is 0.395 e. The van der Waals surface area contributed by atoms with Crippen LogP contribution in [0.5, 0.6) is 0 Å². The van der Waals surface area contributed by atoms with E-state index < -0.39 is 10.0 Å². The molecule has 0 amide bonds. The van der Waals surface area contributed by atoms with Crippen molar-refractivity contribution in [3.8, 4) is 0 Å². The summed E-state index contributed by atoms with van der Waals surface area (Å²) in [6.45, 7) is 8.85. The number of hydrogen-bond acceptors (Lipinski definition) is 4. The molecule has 160 valence electrons. The Hall–Kier alpha value is -2.48. The predicted octanol–water partition coefficient (Wildman–Crippen LogP) is 3.25. The second kappa shape index (κ2) is 8.34. The smallest absolute Gasteiger partial charge is 0.252 e. The van der Waals surface area contributed by atoms with Gasteiger partial charge in [0.05, 0.1) is 11.5 Å². The maximum Gasteiger partial charge on any atom is 0.252 e. The Morgan fingerprint density at radius 3 is 2.10 bits per heavy atom. The van der Waals surface area contributed by atoms with Crippen molar-refractivity contribution in [2.45, 2.75) is 46.1 Å². The first-order valence-electron chi connectivity index (χ1n) is 9.86. The van der Waals surface area contributed by atoms with E-state index in [0.29, 0.717) is 22.2 Å². The van der Waals surface area contributed by atoms with Gasteiger partial charge in [-0.2, -0.15) is 4.31 Å². The zero-order valence-corrected chi connectivity index (χ0v) is 18.9. The molecule has 0 fully saturated rings. The number of H-pyrrole nitrogens is 1. The number of aliphatic hydroxyl groups is 1. The molecular formula is C23H28N2O4S. The summed E-state index contributed by atoms with van der Waals surface area (Å²) in [6, 6.07) is 9.27. The van der Waals surface area contributed by atoms with Crippen LogP contribution >= 0.6 is 0 Å². The van der Waals surface area contributed by atoms with Crippen LogP contribution in [0.15, 0.2) is 40.0 Å². The van der Waals surface area contributed by atoms with Crippen LogP contribution in [0.3, 0.4) is 0 Å². The summed E-state index contributed by atoms with van der Waals surface area (Å²) in [5, 5.41) is 10.4. The SMILES string of the molecule is Cc1cc(C)c(S(=O)(=O)N(CCO)Cc2cc3cc(C)c(C)cc3[nH]c2=O)c(C)c1. The third kappa shape index (κ3) is 4.19. The van der Waals surface area contributed by atoms with Crippen molar-refractivity contribution < 1.29 is 13.5 Å². The molecule has 0 aliphatic rings. The Morgan fingerprint density at radius 2 is 1.50 bits per heavy atom. The monoisotopic (exact) mass is 428 g/mol. The van der Waals surface area contributed by atoms with Gasteiger partial charge in [0.1, 0.15) is 0 Å². The summed E-state index contributed by atoms with van der Waals surface area (Å²) in [6.07, 6.45) is 0. The van der Waals surface area contributed by atoms with Gasteiger partial charge < -0.3 is 10.1 Å². The van der Waals surface area contributed by atoms with Crippen LogP contribution < -0.4 is 5.56 Å². The number of hydrogen-bond donors (Lipinski definition) is 2. The summed E-state index contributed by atoms with van der Waals surface area (Å²) in [7, 11) is -3.90. The highest BCUT2D eigenvalue weighted by atomic mass is 32.2. The number of pyridine rings is 1. The third-order valence-corrected chi connectivity index (χ3v) is 7.59. The number of fused-ring (bicyclic) bond motifs is 1. The van der Waals surface area contributed by atoms with Crippen molar-refractivity contribution in [1.82, 2.24) is 9.29 Å². The Morgan fingerprint density at radius 1 is 0.900 bits per heavy atom. The van der Waals surface area contributed by atoms with E-state index in [9.17, 15) is 18.3 Å². The second-order valence-corrected chi connectivity index (χ2v) is 9.81. The summed E-state index contributed by atoms with van der Waals surface area (Å²) in [5.41, 5.74) is 5.16. The average molecular weight is 429 g/mol. The number of aromatic nitrogens is 1. The molecule has 30 heavy (non-hydrogen) atoms. The van der Waals surface area contributed by atoms with Crippen molar-refractivity contribution in [1.29, 1.82) is 0 Å². The Labute approximate surface area is 177 Å². The van der Waals surface area contributed by atoms with Gasteiger partial charge in [-0.15, -0.1) is 0 Å². The van der Waals surface area contributed by atoms with Crippen LogP contribution in [0.2, 0.25) is 0 Å². The summed E-state index contributed by atoms with van der Waals surface area (Å²) < 4.78 is 28.1. The van der Waals surface area contributed by atoms with E-state index in [4.69, 9.17) is 0 Å². The van der Waals surface area contributed by atoms with E-state index in [1.165, 1.54) is 4.31 Å². The minimum Gasteiger partial charge on any atom is -0.395 e. The van der Waals surface area contributed by atoms with Gasteiger partial charge in [-0.3, -0.25) is 4.79 Å². The molecule has 0 unspecified atom stereocenters. The number of aliphatic hydroxyl groups excluding tert-OH is 1. The standard InChI is InChI=1S/C23H28N2O4S/c1-14-8-17(4)22(18(5)9-14)30(28,29)25(6-7-26)13-20-12-19-10-15(2)16(3)11-21(19)24-23(20)27/h8-12,26H,6-7,13H2,1-5H3,(H,24,27). The zero-order chi connectivity index (χ0) is 22.2. The van der Waals surface area contributed by atoms with Crippen LogP contribution in [0.25, 0.3) is 10.9 Å². The van der Waals surface area contributed by atoms with Gasteiger partial charge in [-0.25, -0.2) is 8.42 Å². The summed E-state index contributed by atoms with van der Waals surface area (Å²) >= 11 is 0. The number of sulfonamides is 1. The summed E-state index contributed by atoms with van der Waals surface area (Å²) in [4.78, 5) is 15.8. The van der Waals surface area contributed by atoms with Gasteiger partial charge in [-0.1, -0.05) is 17.7 Å². The number of benzene rings is 2. The van der Waals surface area contributed by atoms with Gasteiger partial charge in [0, 0.05) is 24.2 Å². The highest BCUT2D eigenvalue weighted by molar-refractivity contribution is 7.89. The highest BCUT2D eigenvalue weighted by Gasteiger charge is 2.28. The molecule has 2 N–H and O–H groups in total. The quantitative estimate of drug-likeness (QED) is 0.631. The first-order chi connectivity index (χ1) is 14.0. The molecule has 0 radical (unpaired) electrons. The molecule has 3 rings (SSSR count). The highest BCUT2D eigenvalue weighted by Crippen LogP contribution is 2.26. The molecule has 1 aromatic heterocycles. The molecule has 2 aromatic carbocycles. The molecule has 7 heteroatoms. The van der Waals surface area contributed by atoms with E-state index in [0.717, 1.165) is 22.1 Å². The van der Waals surface area contributed by atoms with Crippen LogP contribution in [0.1, 0.15) is 33.4 Å². The molecular weight excluding hydrogens is 400 g/mol. The molecule has 0 aliphatic carbocycles. The van der Waals surface area contributed by atoms with Gasteiger partial charge in [0.2, 0.25) is 10.0 Å². The van der Waals surface area contributed by atoms with E-state index in [-0.39, 0.29) is 30.2 Å². The lowest BCUT2D eigenvalue weighted by atomic mass is 10.1. The first-order valence-corrected chi connectivity index (χ1v) is 11.3. The number of nitrogens with one attached hydrogen (secondary N) is 1. The number of nitrogens with zero attached hydrogens (tertiary/aromatic N) is 1. The number of aryl methyl sites for hydroxylation is 5. The number of rotatable bonds is 6. The lowest BCUT2D eigenvalue weighted by Crippen LogP contribution is -2.35. The van der Waals surface area contributed by atoms with E-state index in [2.05, 4.69) is 4.98 Å². The van der Waals surface area contributed by atoms with Crippen LogP contribution in [-0.2, 0) is 16.6 Å². The van der Waals surface area contributed by atoms with Crippen molar-refractivity contribution in [3.63, 3.8) is 0 Å². The molecule has 0 saturated carbocycles. The fourth-order valence-corrected chi connectivity index (χ4v) is 5.75. The maximum atomic E-state index is 13.5. The average Bonchev–Trinajstić information content (AvgIpc) is 2.62. The van der Waals surface area contributed by atoms with Gasteiger partial charge in [0.25, 0.3) is 5.56 Å². The Kier molecular flexibility index (Phi) is 6.17. The second-order valence-electron chi connectivity index (χ2n) is 7.94. The molecule has 0 saturated heterocycles. The van der Waals surface area contributed by atoms with Crippen molar-refractivity contribution in [3.05, 3.63) is 74.1 Å². The molecule has 6 nitrogen and oxygen atoms in total. The lowest BCUT2D eigenvalue weighted by Gasteiger charge is -2.23. The molecule has 1 heterocycles. The third-order valence-electron chi connectivity index (χ3n) is 5.43. The van der Waals surface area contributed by atoms with Crippen LogP contribution in [0.4, 0.5) is 0 Å². The van der Waals surface area contributed by atoms with Gasteiger partial charge in [0.15, 0.2) is 0 Å². The lowest BCUT2D eigenvalue weighted by molar-refractivity contribution is 0.250. The van der Waals surface area contributed by atoms with Crippen molar-refractivity contribution in [2.75, 3.05) is 13.2 Å². The molecule has 3 aromatic rings. The number of aromatic amines is 1. The molecule has 0 bridgehead atoms. The molecule has 0 spiro atoms. The molecule has 0 aliphatic heterocycles. The minimum atomic E-state index is -3.90. The van der Waals surface area contributed by atoms with Crippen molar-refractivity contribution in [2.24, 2.45) is 0 Å². The van der Waals surface area contributed by atoms with Crippen LogP contribution in [0, 0.1) is 34.6 Å². The fourth-order valence-electron chi connectivity index (χ4n) is 3.93. The van der Waals surface area contributed by atoms with Crippen molar-refractivity contribution >= 4 is 20.9 Å². The van der Waals surface area contributed by atoms with E-state index in [1.54, 1.807) is 19.9 Å². The Balaban J connectivity index is 2.09.